The van der Waals surface area contributed by atoms with Crippen molar-refractivity contribution in [3.63, 3.8) is 0 Å². The van der Waals surface area contributed by atoms with Gasteiger partial charge in [0.1, 0.15) is 5.82 Å². The maximum atomic E-state index is 4.40. The fraction of sp³-hybridized carbons (Fsp3) is 0.643. The Morgan fingerprint density at radius 1 is 1.35 bits per heavy atom. The number of rotatable bonds is 8. The van der Waals surface area contributed by atoms with Gasteiger partial charge in [0.25, 0.3) is 0 Å². The van der Waals surface area contributed by atoms with Crippen molar-refractivity contribution in [1.82, 2.24) is 24.5 Å². The van der Waals surface area contributed by atoms with Gasteiger partial charge in [-0.15, -0.1) is 5.10 Å². The Morgan fingerprint density at radius 2 is 2.20 bits per heavy atom. The van der Waals surface area contributed by atoms with Crippen molar-refractivity contribution in [1.29, 1.82) is 0 Å². The Hall–Kier alpha value is -1.27. The molecule has 0 aliphatic heterocycles. The third-order valence-corrected chi connectivity index (χ3v) is 4.30. The molecule has 0 aromatic carbocycles. The number of nitrogens with zero attached hydrogens (tertiary/aromatic N) is 4. The second kappa shape index (κ2) is 7.50. The van der Waals surface area contributed by atoms with Crippen molar-refractivity contribution >= 4 is 11.5 Å². The molecule has 2 rings (SSSR count). The minimum Gasteiger partial charge on any atom is -0.338 e. The SMILES string of the molecule is CCCc1nnsc1C(CCc1nccn1C)NCC. The van der Waals surface area contributed by atoms with E-state index >= 15 is 0 Å². The average Bonchev–Trinajstić information content (AvgIpc) is 3.05. The molecular formula is C14H23N5S. The van der Waals surface area contributed by atoms with Gasteiger partial charge in [0.05, 0.1) is 10.6 Å². The fourth-order valence-corrected chi connectivity index (χ4v) is 3.18. The van der Waals surface area contributed by atoms with Gasteiger partial charge in [-0.3, -0.25) is 0 Å². The van der Waals surface area contributed by atoms with Gasteiger partial charge in [-0.1, -0.05) is 24.8 Å². The third-order valence-electron chi connectivity index (χ3n) is 3.42. The molecule has 0 amide bonds. The van der Waals surface area contributed by atoms with Gasteiger partial charge in [0.15, 0.2) is 0 Å². The van der Waals surface area contributed by atoms with Gasteiger partial charge in [-0.25, -0.2) is 4.98 Å². The number of nitrogens with one attached hydrogen (secondary N) is 1. The largest absolute Gasteiger partial charge is 0.338 e. The molecule has 0 aliphatic carbocycles. The van der Waals surface area contributed by atoms with E-state index in [-0.39, 0.29) is 0 Å². The first kappa shape index (κ1) is 15.1. The Morgan fingerprint density at radius 3 is 2.85 bits per heavy atom. The molecule has 0 bridgehead atoms. The van der Waals surface area contributed by atoms with E-state index in [1.807, 2.05) is 19.4 Å². The van der Waals surface area contributed by atoms with Gasteiger partial charge >= 0.3 is 0 Å². The van der Waals surface area contributed by atoms with Crippen LogP contribution in [-0.2, 0) is 19.9 Å². The van der Waals surface area contributed by atoms with Crippen molar-refractivity contribution in [3.05, 3.63) is 28.8 Å². The molecular weight excluding hydrogens is 270 g/mol. The van der Waals surface area contributed by atoms with Crippen molar-refractivity contribution < 1.29 is 0 Å². The zero-order chi connectivity index (χ0) is 14.4. The molecule has 5 nitrogen and oxygen atoms in total. The molecule has 20 heavy (non-hydrogen) atoms. The standard InChI is InChI=1S/C14H23N5S/c1-4-6-12-14(20-18-17-12)11(15-5-2)7-8-13-16-9-10-19(13)3/h9-11,15H,4-8H2,1-3H3. The lowest BCUT2D eigenvalue weighted by Gasteiger charge is -2.16. The molecule has 0 aliphatic rings. The number of hydrogen-bond donors (Lipinski definition) is 1. The first-order valence-corrected chi connectivity index (χ1v) is 8.04. The van der Waals surface area contributed by atoms with Gasteiger partial charge in [-0.2, -0.15) is 0 Å². The highest BCUT2D eigenvalue weighted by Crippen LogP contribution is 2.25. The summed E-state index contributed by atoms with van der Waals surface area (Å²) in [5.41, 5.74) is 1.16. The summed E-state index contributed by atoms with van der Waals surface area (Å²) >= 11 is 1.53. The van der Waals surface area contributed by atoms with Crippen LogP contribution in [0.5, 0.6) is 0 Å². The van der Waals surface area contributed by atoms with E-state index in [9.17, 15) is 0 Å². The summed E-state index contributed by atoms with van der Waals surface area (Å²) in [6.45, 7) is 5.27. The normalized spacial score (nSPS) is 12.8. The number of hydrogen-bond acceptors (Lipinski definition) is 5. The first-order chi connectivity index (χ1) is 9.76. The zero-order valence-corrected chi connectivity index (χ0v) is 13.3. The van der Waals surface area contributed by atoms with Crippen LogP contribution in [0.4, 0.5) is 0 Å². The molecule has 6 heteroatoms. The van der Waals surface area contributed by atoms with Crippen LogP contribution >= 0.6 is 11.5 Å². The molecule has 0 spiro atoms. The Kier molecular flexibility index (Phi) is 5.67. The van der Waals surface area contributed by atoms with E-state index in [1.54, 1.807) is 0 Å². The molecule has 2 heterocycles. The predicted octanol–water partition coefficient (Wildman–Crippen LogP) is 2.51. The number of imidazole rings is 1. The van der Waals surface area contributed by atoms with Crippen LogP contribution in [0.1, 0.15) is 49.1 Å². The summed E-state index contributed by atoms with van der Waals surface area (Å²) in [7, 11) is 2.04. The average molecular weight is 293 g/mol. The minimum atomic E-state index is 0.332. The van der Waals surface area contributed by atoms with Gasteiger partial charge in [0.2, 0.25) is 0 Å². The second-order valence-electron chi connectivity index (χ2n) is 4.94. The lowest BCUT2D eigenvalue weighted by atomic mass is 10.1. The van der Waals surface area contributed by atoms with E-state index < -0.39 is 0 Å². The smallest absolute Gasteiger partial charge is 0.108 e. The van der Waals surface area contributed by atoms with E-state index in [2.05, 4.69) is 38.3 Å². The first-order valence-electron chi connectivity index (χ1n) is 7.26. The molecule has 0 radical (unpaired) electrons. The third kappa shape index (κ3) is 3.64. The summed E-state index contributed by atoms with van der Waals surface area (Å²) in [5.74, 6) is 1.13. The Labute approximate surface area is 124 Å². The fourth-order valence-electron chi connectivity index (χ4n) is 2.37. The van der Waals surface area contributed by atoms with Crippen molar-refractivity contribution in [2.24, 2.45) is 7.05 Å². The van der Waals surface area contributed by atoms with Crippen LogP contribution in [-0.4, -0.2) is 25.7 Å². The molecule has 0 saturated carbocycles. The van der Waals surface area contributed by atoms with Gasteiger partial charge < -0.3 is 9.88 Å². The monoisotopic (exact) mass is 293 g/mol. The molecule has 2 aromatic rings. The second-order valence-corrected chi connectivity index (χ2v) is 5.72. The lowest BCUT2D eigenvalue weighted by molar-refractivity contribution is 0.508. The molecule has 2 aromatic heterocycles. The predicted molar refractivity (Wildman–Crippen MR) is 81.9 cm³/mol. The summed E-state index contributed by atoms with van der Waals surface area (Å²) in [6, 6.07) is 0.332. The zero-order valence-electron chi connectivity index (χ0n) is 12.5. The number of aryl methyl sites for hydroxylation is 3. The summed E-state index contributed by atoms with van der Waals surface area (Å²) in [4.78, 5) is 5.69. The maximum Gasteiger partial charge on any atom is 0.108 e. The molecule has 0 saturated heterocycles. The molecule has 110 valence electrons. The van der Waals surface area contributed by atoms with Crippen molar-refractivity contribution in [3.8, 4) is 0 Å². The summed E-state index contributed by atoms with van der Waals surface area (Å²) in [5, 5.41) is 7.84. The van der Waals surface area contributed by atoms with Crippen LogP contribution in [0, 0.1) is 0 Å². The highest BCUT2D eigenvalue weighted by atomic mass is 32.1. The quantitative estimate of drug-likeness (QED) is 0.812. The lowest BCUT2D eigenvalue weighted by Crippen LogP contribution is -2.22. The van der Waals surface area contributed by atoms with Gasteiger partial charge in [-0.05, 0) is 30.9 Å². The molecule has 1 N–H and O–H groups in total. The highest BCUT2D eigenvalue weighted by Gasteiger charge is 2.18. The number of aromatic nitrogens is 4. The van der Waals surface area contributed by atoms with Crippen molar-refractivity contribution in [2.75, 3.05) is 6.54 Å². The Balaban J connectivity index is 2.06. The van der Waals surface area contributed by atoms with E-state index in [0.717, 1.165) is 43.7 Å². The topological polar surface area (TPSA) is 55.6 Å². The molecule has 1 unspecified atom stereocenters. The van der Waals surface area contributed by atoms with Gasteiger partial charge in [0, 0.05) is 31.9 Å². The molecule has 1 atom stereocenters. The van der Waals surface area contributed by atoms with Crippen LogP contribution < -0.4 is 5.32 Å². The summed E-state index contributed by atoms with van der Waals surface area (Å²) in [6.07, 6.45) is 7.96. The van der Waals surface area contributed by atoms with E-state index in [4.69, 9.17) is 0 Å². The van der Waals surface area contributed by atoms with Crippen molar-refractivity contribution in [2.45, 2.75) is 45.6 Å². The highest BCUT2D eigenvalue weighted by molar-refractivity contribution is 7.05. The van der Waals surface area contributed by atoms with Crippen LogP contribution in [0.3, 0.4) is 0 Å². The minimum absolute atomic E-state index is 0.332. The summed E-state index contributed by atoms with van der Waals surface area (Å²) < 4.78 is 6.22. The maximum absolute atomic E-state index is 4.40. The van der Waals surface area contributed by atoms with Crippen LogP contribution in [0.15, 0.2) is 12.4 Å². The van der Waals surface area contributed by atoms with Crippen LogP contribution in [0.25, 0.3) is 0 Å². The van der Waals surface area contributed by atoms with E-state index in [1.165, 1.54) is 16.4 Å². The van der Waals surface area contributed by atoms with E-state index in [0.29, 0.717) is 6.04 Å². The molecule has 0 fully saturated rings. The Bertz CT molecular complexity index is 519. The van der Waals surface area contributed by atoms with Crippen LogP contribution in [0.2, 0.25) is 0 Å².